The number of rotatable bonds is 4. The lowest BCUT2D eigenvalue weighted by Gasteiger charge is -2.11. The molecule has 0 saturated carbocycles. The molecule has 0 aliphatic rings. The maximum Gasteiger partial charge on any atom is 0.160 e. The molecule has 3 aromatic heterocycles. The normalized spacial score (nSPS) is 11.6. The number of hydrogen-bond acceptors (Lipinski definition) is 3. The van der Waals surface area contributed by atoms with E-state index in [0.717, 1.165) is 72.1 Å². The van der Waals surface area contributed by atoms with Crippen molar-refractivity contribution in [3.05, 3.63) is 152 Å². The van der Waals surface area contributed by atoms with Crippen LogP contribution in [0.1, 0.15) is 0 Å². The summed E-state index contributed by atoms with van der Waals surface area (Å²) >= 11 is 0. The van der Waals surface area contributed by atoms with Gasteiger partial charge in [-0.15, -0.1) is 0 Å². The number of para-hydroxylation sites is 2. The Morgan fingerprint density at radius 2 is 1.07 bits per heavy atom. The molecule has 0 bridgehead atoms. The molecule has 0 N–H and O–H groups in total. The van der Waals surface area contributed by atoms with Gasteiger partial charge in [-0.3, -0.25) is 0 Å². The highest BCUT2D eigenvalue weighted by Gasteiger charge is 2.18. The number of aromatic nitrogens is 3. The second-order valence-electron chi connectivity index (χ2n) is 11.0. The van der Waals surface area contributed by atoms with E-state index in [0.29, 0.717) is 5.82 Å². The number of fused-ring (bicyclic) bond motifs is 7. The molecule has 0 amide bonds. The van der Waals surface area contributed by atoms with Gasteiger partial charge < -0.3 is 8.98 Å². The Bertz CT molecular complexity index is 2420. The smallest absolute Gasteiger partial charge is 0.160 e. The van der Waals surface area contributed by atoms with Gasteiger partial charge in [0.05, 0.1) is 27.8 Å². The highest BCUT2D eigenvalue weighted by molar-refractivity contribution is 6.23. The van der Waals surface area contributed by atoms with Crippen LogP contribution in [-0.2, 0) is 0 Å². The predicted octanol–water partition coefficient (Wildman–Crippen LogP) is 10.5. The molecule has 0 unspecified atom stereocenters. The minimum atomic E-state index is 0.697. The minimum absolute atomic E-state index is 0.697. The summed E-state index contributed by atoms with van der Waals surface area (Å²) < 4.78 is 8.78. The molecule has 3 heterocycles. The van der Waals surface area contributed by atoms with Crippen molar-refractivity contribution in [1.82, 2.24) is 14.5 Å². The van der Waals surface area contributed by atoms with E-state index in [-0.39, 0.29) is 0 Å². The van der Waals surface area contributed by atoms with Gasteiger partial charge in [-0.1, -0.05) is 97.1 Å². The third-order valence-corrected chi connectivity index (χ3v) is 8.43. The molecule has 0 radical (unpaired) electrons. The van der Waals surface area contributed by atoms with Crippen molar-refractivity contribution in [3.8, 4) is 39.6 Å². The van der Waals surface area contributed by atoms with Crippen LogP contribution >= 0.6 is 0 Å². The van der Waals surface area contributed by atoms with Crippen LogP contribution < -0.4 is 0 Å². The fraction of sp³-hybridized carbons (Fsp3) is 0. The molecular formula is C40H25N3O. The lowest BCUT2D eigenvalue weighted by atomic mass is 10.1. The Hall–Kier alpha value is -6.00. The number of furan rings is 1. The van der Waals surface area contributed by atoms with Crippen LogP contribution in [0.25, 0.3) is 83.3 Å². The molecule has 4 nitrogen and oxygen atoms in total. The third-order valence-electron chi connectivity index (χ3n) is 8.43. The largest absolute Gasteiger partial charge is 0.455 e. The fourth-order valence-electron chi connectivity index (χ4n) is 6.36. The van der Waals surface area contributed by atoms with Crippen molar-refractivity contribution in [1.29, 1.82) is 0 Å². The second kappa shape index (κ2) is 9.79. The first-order valence-corrected chi connectivity index (χ1v) is 14.8. The van der Waals surface area contributed by atoms with Crippen molar-refractivity contribution in [2.75, 3.05) is 0 Å². The van der Waals surface area contributed by atoms with Crippen molar-refractivity contribution >= 4 is 43.7 Å². The van der Waals surface area contributed by atoms with Crippen LogP contribution in [0.15, 0.2) is 156 Å². The number of nitrogens with zero attached hydrogens (tertiary/aromatic N) is 3. The first-order chi connectivity index (χ1) is 21.8. The molecule has 9 rings (SSSR count). The molecule has 0 spiro atoms. The van der Waals surface area contributed by atoms with Crippen LogP contribution in [0, 0.1) is 0 Å². The molecule has 0 saturated heterocycles. The summed E-state index contributed by atoms with van der Waals surface area (Å²) in [6, 6.07) is 52.4. The average molecular weight is 564 g/mol. The van der Waals surface area contributed by atoms with Crippen LogP contribution in [0.5, 0.6) is 0 Å². The van der Waals surface area contributed by atoms with E-state index >= 15 is 0 Å². The van der Waals surface area contributed by atoms with Gasteiger partial charge in [-0.25, -0.2) is 9.97 Å². The summed E-state index contributed by atoms with van der Waals surface area (Å²) in [6.07, 6.45) is 0. The van der Waals surface area contributed by atoms with Crippen LogP contribution in [0.4, 0.5) is 0 Å². The Morgan fingerprint density at radius 1 is 0.455 bits per heavy atom. The highest BCUT2D eigenvalue weighted by Crippen LogP contribution is 2.40. The van der Waals surface area contributed by atoms with E-state index in [4.69, 9.17) is 14.4 Å². The average Bonchev–Trinajstić information content (AvgIpc) is 3.65. The van der Waals surface area contributed by atoms with Crippen LogP contribution in [0.3, 0.4) is 0 Å². The van der Waals surface area contributed by atoms with Crippen LogP contribution in [0.2, 0.25) is 0 Å². The molecule has 9 aromatic rings. The Balaban J connectivity index is 1.21. The zero-order chi connectivity index (χ0) is 29.0. The topological polar surface area (TPSA) is 43.9 Å². The van der Waals surface area contributed by atoms with Gasteiger partial charge in [-0.05, 0) is 54.6 Å². The second-order valence-corrected chi connectivity index (χ2v) is 11.0. The predicted molar refractivity (Wildman–Crippen MR) is 180 cm³/mol. The molecule has 0 fully saturated rings. The van der Waals surface area contributed by atoms with Gasteiger partial charge in [0.25, 0.3) is 0 Å². The third kappa shape index (κ3) is 3.85. The van der Waals surface area contributed by atoms with Gasteiger partial charge >= 0.3 is 0 Å². The zero-order valence-electron chi connectivity index (χ0n) is 23.7. The standard InChI is InChI=1S/C40H25N3O/c1-3-11-26(12-4-1)33-25-34(27-13-5-2-6-14-27)42-40(41-33)28-19-21-29(22-20-28)43-35-17-9-7-16-32(35)38-36(43)24-23-31-30-15-8-10-18-37(30)44-39(31)38/h1-25H. The van der Waals surface area contributed by atoms with E-state index in [1.807, 2.05) is 48.5 Å². The van der Waals surface area contributed by atoms with Crippen molar-refractivity contribution in [2.45, 2.75) is 0 Å². The monoisotopic (exact) mass is 563 g/mol. The van der Waals surface area contributed by atoms with Gasteiger partial charge in [0, 0.05) is 38.5 Å². The summed E-state index contributed by atoms with van der Waals surface area (Å²) in [6.45, 7) is 0. The molecule has 0 atom stereocenters. The molecule has 206 valence electrons. The summed E-state index contributed by atoms with van der Waals surface area (Å²) in [5.74, 6) is 0.697. The fourth-order valence-corrected chi connectivity index (χ4v) is 6.36. The Kier molecular flexibility index (Phi) is 5.47. The molecular weight excluding hydrogens is 538 g/mol. The van der Waals surface area contributed by atoms with Gasteiger partial charge in [0.2, 0.25) is 0 Å². The van der Waals surface area contributed by atoms with Gasteiger partial charge in [0.15, 0.2) is 5.82 Å². The lowest BCUT2D eigenvalue weighted by molar-refractivity contribution is 0.673. The lowest BCUT2D eigenvalue weighted by Crippen LogP contribution is -1.97. The minimum Gasteiger partial charge on any atom is -0.455 e. The molecule has 0 aliphatic heterocycles. The van der Waals surface area contributed by atoms with Crippen molar-refractivity contribution in [3.63, 3.8) is 0 Å². The van der Waals surface area contributed by atoms with Gasteiger partial charge in [-0.2, -0.15) is 0 Å². The van der Waals surface area contributed by atoms with E-state index in [2.05, 4.69) is 108 Å². The van der Waals surface area contributed by atoms with E-state index in [1.54, 1.807) is 0 Å². The Labute approximate surface area is 253 Å². The van der Waals surface area contributed by atoms with Gasteiger partial charge in [0.1, 0.15) is 11.2 Å². The first-order valence-electron chi connectivity index (χ1n) is 14.8. The van der Waals surface area contributed by atoms with Crippen molar-refractivity contribution < 1.29 is 4.42 Å². The maximum absolute atomic E-state index is 6.47. The van der Waals surface area contributed by atoms with E-state index in [9.17, 15) is 0 Å². The van der Waals surface area contributed by atoms with E-state index < -0.39 is 0 Å². The maximum atomic E-state index is 6.47. The summed E-state index contributed by atoms with van der Waals surface area (Å²) in [7, 11) is 0. The number of hydrogen-bond donors (Lipinski definition) is 0. The summed E-state index contributed by atoms with van der Waals surface area (Å²) in [5.41, 5.74) is 10.0. The highest BCUT2D eigenvalue weighted by atomic mass is 16.3. The first kappa shape index (κ1) is 24.6. The molecule has 44 heavy (non-hydrogen) atoms. The molecule has 4 heteroatoms. The molecule has 0 aliphatic carbocycles. The SMILES string of the molecule is c1ccc(-c2cc(-c3ccccc3)nc(-c3ccc(-n4c5ccccc5c5c6oc7ccccc7c6ccc54)cc3)n2)cc1. The number of benzene rings is 6. The quantitative estimate of drug-likeness (QED) is 0.214. The summed E-state index contributed by atoms with van der Waals surface area (Å²) in [4.78, 5) is 10.0. The Morgan fingerprint density at radius 3 is 1.77 bits per heavy atom. The van der Waals surface area contributed by atoms with Crippen molar-refractivity contribution in [2.24, 2.45) is 0 Å². The van der Waals surface area contributed by atoms with E-state index in [1.165, 1.54) is 5.39 Å². The summed E-state index contributed by atoms with van der Waals surface area (Å²) in [5, 5.41) is 4.57. The zero-order valence-corrected chi connectivity index (χ0v) is 23.7. The van der Waals surface area contributed by atoms with Crippen LogP contribution in [-0.4, -0.2) is 14.5 Å². The molecule has 6 aromatic carbocycles.